The van der Waals surface area contributed by atoms with Gasteiger partial charge in [-0.25, -0.2) is 9.97 Å². The highest BCUT2D eigenvalue weighted by Crippen LogP contribution is 2.39. The van der Waals surface area contributed by atoms with E-state index in [4.69, 9.17) is 9.97 Å². The van der Waals surface area contributed by atoms with Crippen LogP contribution >= 0.6 is 0 Å². The summed E-state index contributed by atoms with van der Waals surface area (Å²) in [6.07, 6.45) is 8.50. The molecule has 0 saturated carbocycles. The molecular weight excluding hydrogens is 969 g/mol. The molecule has 2 aliphatic heterocycles. The second kappa shape index (κ2) is 22.1. The molecular formula is C76H46N4. The molecule has 80 heavy (non-hydrogen) atoms. The Morgan fingerprint density at radius 2 is 0.388 bits per heavy atom. The molecule has 0 unspecified atom stereocenters. The van der Waals surface area contributed by atoms with E-state index in [0.717, 1.165) is 134 Å². The van der Waals surface area contributed by atoms with Crippen molar-refractivity contribution in [3.63, 3.8) is 0 Å². The summed E-state index contributed by atoms with van der Waals surface area (Å²) in [7, 11) is 0. The lowest BCUT2D eigenvalue weighted by molar-refractivity contribution is 1.31. The van der Waals surface area contributed by atoms with E-state index in [-0.39, 0.29) is 0 Å². The number of nitrogens with one attached hydrogen (secondary N) is 2. The minimum absolute atomic E-state index is 0.817. The summed E-state index contributed by atoms with van der Waals surface area (Å²) in [6.45, 7) is 0. The van der Waals surface area contributed by atoms with Crippen molar-refractivity contribution in [1.29, 1.82) is 0 Å². The van der Waals surface area contributed by atoms with Gasteiger partial charge in [0.05, 0.1) is 22.8 Å². The third-order valence-electron chi connectivity index (χ3n) is 13.9. The van der Waals surface area contributed by atoms with Gasteiger partial charge in [-0.15, -0.1) is 0 Å². The smallest absolute Gasteiger partial charge is 0.0737 e. The fourth-order valence-corrected chi connectivity index (χ4v) is 9.96. The summed E-state index contributed by atoms with van der Waals surface area (Å²) in [5.74, 6) is 26.7. The molecule has 4 nitrogen and oxygen atoms in total. The first-order chi connectivity index (χ1) is 39.6. The van der Waals surface area contributed by atoms with Crippen LogP contribution in [0.2, 0.25) is 0 Å². The number of nitrogens with zero attached hydrogens (tertiary/aromatic N) is 2. The number of aromatic nitrogens is 4. The van der Waals surface area contributed by atoms with Crippen LogP contribution in [0.1, 0.15) is 67.3 Å². The number of rotatable bonds is 4. The Morgan fingerprint density at radius 3 is 0.588 bits per heavy atom. The molecule has 0 saturated heterocycles. The molecule has 13 rings (SSSR count). The Balaban J connectivity index is 1.04. The van der Waals surface area contributed by atoms with E-state index in [2.05, 4.69) is 203 Å². The zero-order valence-corrected chi connectivity index (χ0v) is 43.3. The van der Waals surface area contributed by atoms with Gasteiger partial charge >= 0.3 is 0 Å². The van der Waals surface area contributed by atoms with Crippen molar-refractivity contribution >= 4 is 46.4 Å². The normalized spacial score (nSPS) is 11.0. The van der Waals surface area contributed by atoms with Crippen molar-refractivity contribution in [3.05, 3.63) is 310 Å². The van der Waals surface area contributed by atoms with Crippen molar-refractivity contribution < 1.29 is 0 Å². The monoisotopic (exact) mass is 1010 g/mol. The molecule has 8 bridgehead atoms. The van der Waals surface area contributed by atoms with Crippen molar-refractivity contribution in [1.82, 2.24) is 19.9 Å². The predicted octanol–water partition coefficient (Wildman–Crippen LogP) is 16.9. The van der Waals surface area contributed by atoms with E-state index in [1.54, 1.807) is 0 Å². The van der Waals surface area contributed by atoms with E-state index in [1.807, 2.05) is 121 Å². The summed E-state index contributed by atoms with van der Waals surface area (Å²) >= 11 is 0. The first-order valence-corrected chi connectivity index (χ1v) is 26.5. The number of fused-ring (bicyclic) bond motifs is 8. The van der Waals surface area contributed by atoms with Crippen LogP contribution in [0.3, 0.4) is 0 Å². The van der Waals surface area contributed by atoms with Gasteiger partial charge in [0.25, 0.3) is 0 Å². The Bertz CT molecular complexity index is 4040. The maximum Gasteiger partial charge on any atom is 0.0737 e. The molecule has 3 aromatic heterocycles. The van der Waals surface area contributed by atoms with E-state index < -0.39 is 0 Å². The Hall–Kier alpha value is -11.4. The molecule has 0 fully saturated rings. The molecule has 0 aliphatic carbocycles. The quantitative estimate of drug-likeness (QED) is 0.173. The zero-order chi connectivity index (χ0) is 53.5. The lowest BCUT2D eigenvalue weighted by Gasteiger charge is -2.07. The second-order valence-electron chi connectivity index (χ2n) is 19.3. The first kappa shape index (κ1) is 48.3. The number of H-pyrrole nitrogens is 2. The van der Waals surface area contributed by atoms with Gasteiger partial charge in [0, 0.05) is 88.8 Å². The molecule has 8 aromatic carbocycles. The minimum Gasteiger partial charge on any atom is -0.354 e. The molecule has 4 heteroatoms. The van der Waals surface area contributed by atoms with E-state index in [1.165, 1.54) is 0 Å². The van der Waals surface area contributed by atoms with Gasteiger partial charge in [0.1, 0.15) is 0 Å². The number of hydrogen-bond acceptors (Lipinski definition) is 2. The molecule has 11 aromatic rings. The maximum atomic E-state index is 5.56. The molecule has 5 heterocycles. The highest BCUT2D eigenvalue weighted by atomic mass is 14.8. The van der Waals surface area contributed by atoms with Crippen LogP contribution in [0.25, 0.3) is 90.9 Å². The third-order valence-corrected chi connectivity index (χ3v) is 13.9. The molecule has 0 spiro atoms. The van der Waals surface area contributed by atoms with Gasteiger partial charge < -0.3 is 9.97 Å². The van der Waals surface area contributed by atoms with Crippen LogP contribution in [-0.2, 0) is 0 Å². The van der Waals surface area contributed by atoms with Crippen LogP contribution in [-0.4, -0.2) is 19.9 Å². The zero-order valence-electron chi connectivity index (χ0n) is 43.3. The lowest BCUT2D eigenvalue weighted by Crippen LogP contribution is -1.90. The van der Waals surface area contributed by atoms with E-state index >= 15 is 0 Å². The summed E-state index contributed by atoms with van der Waals surface area (Å²) in [5, 5.41) is 0. The number of hydrogen-bond donors (Lipinski definition) is 2. The summed E-state index contributed by atoms with van der Waals surface area (Å²) in [6, 6.07) is 82.7. The highest BCUT2D eigenvalue weighted by molar-refractivity contribution is 6.00. The van der Waals surface area contributed by atoms with Crippen molar-refractivity contribution in [2.75, 3.05) is 0 Å². The standard InChI is InChI=1S/C76H46N4/c1-5-13-53(14-6-1)21-25-57-29-37-61(38-30-57)73-65-45-47-67(77-65)74(62-39-31-58(32-40-62)26-22-54-15-7-2-8-16-54)69-49-51-71(79-69)76(64-43-35-60(36-44-64)28-24-56-19-11-4-12-20-56)72-52-50-70(80-72)75(68-48-46-66(73)78-68)63-41-33-59(34-42-63)27-23-55-17-9-3-10-18-55/h1-20,29-52,77,80H. The fraction of sp³-hybridized carbons (Fsp3) is 0. The molecule has 2 aliphatic rings. The first-order valence-electron chi connectivity index (χ1n) is 26.5. The van der Waals surface area contributed by atoms with Crippen LogP contribution in [0.4, 0.5) is 0 Å². The lowest BCUT2D eigenvalue weighted by atomic mass is 10.0. The molecule has 0 amide bonds. The largest absolute Gasteiger partial charge is 0.354 e. The van der Waals surface area contributed by atoms with Crippen molar-refractivity contribution in [2.24, 2.45) is 0 Å². The molecule has 0 radical (unpaired) electrons. The summed E-state index contributed by atoms with van der Waals surface area (Å²) < 4.78 is 0. The second-order valence-corrected chi connectivity index (χ2v) is 19.3. The van der Waals surface area contributed by atoms with Crippen LogP contribution < -0.4 is 0 Å². The number of aromatic amines is 2. The highest BCUT2D eigenvalue weighted by Gasteiger charge is 2.19. The van der Waals surface area contributed by atoms with Gasteiger partial charge in [-0.05, 0) is 168 Å². The van der Waals surface area contributed by atoms with E-state index in [0.29, 0.717) is 0 Å². The van der Waals surface area contributed by atoms with Crippen molar-refractivity contribution in [3.8, 4) is 91.9 Å². The van der Waals surface area contributed by atoms with Gasteiger partial charge in [-0.1, -0.05) is 169 Å². The van der Waals surface area contributed by atoms with Crippen LogP contribution in [0, 0.1) is 47.4 Å². The molecule has 370 valence electrons. The topological polar surface area (TPSA) is 57.4 Å². The van der Waals surface area contributed by atoms with Gasteiger partial charge in [0.15, 0.2) is 0 Å². The fourth-order valence-electron chi connectivity index (χ4n) is 9.96. The Labute approximate surface area is 465 Å². The minimum atomic E-state index is 0.817. The summed E-state index contributed by atoms with van der Waals surface area (Å²) in [5.41, 5.74) is 22.2. The molecule has 0 atom stereocenters. The van der Waals surface area contributed by atoms with Gasteiger partial charge in [0.2, 0.25) is 0 Å². The maximum absolute atomic E-state index is 5.56. The summed E-state index contributed by atoms with van der Waals surface area (Å²) in [4.78, 5) is 18.9. The average molecular weight is 1020 g/mol. The average Bonchev–Trinajstić information content (AvgIpc) is 4.42. The predicted molar refractivity (Wildman–Crippen MR) is 330 cm³/mol. The molecule has 2 N–H and O–H groups in total. The van der Waals surface area contributed by atoms with E-state index in [9.17, 15) is 0 Å². The van der Waals surface area contributed by atoms with Gasteiger partial charge in [-0.3, -0.25) is 0 Å². The number of benzene rings is 8. The Morgan fingerprint density at radius 1 is 0.200 bits per heavy atom. The van der Waals surface area contributed by atoms with Crippen molar-refractivity contribution in [2.45, 2.75) is 0 Å². The SMILES string of the molecule is C(#Cc1ccc(-c2c3nc(c(-c4ccc(C#Cc5ccccc5)cc4)c4ccc([nH]4)c(-c4ccc(C#Cc5ccccc5)cc4)c4nc(c(-c5ccc(C#Cc6ccccc6)cc5)c5ccc2[nH]5)C=C4)C=C3)cc1)c1ccccc1. The van der Waals surface area contributed by atoms with Crippen LogP contribution in [0.5, 0.6) is 0 Å². The van der Waals surface area contributed by atoms with Gasteiger partial charge in [-0.2, -0.15) is 0 Å². The van der Waals surface area contributed by atoms with Crippen LogP contribution in [0.15, 0.2) is 243 Å². The third kappa shape index (κ3) is 10.6. The Kier molecular flexibility index (Phi) is 13.3.